The first-order valence-corrected chi connectivity index (χ1v) is 10.7. The molecule has 0 bridgehead atoms. The lowest BCUT2D eigenvalue weighted by molar-refractivity contribution is 0.420. The van der Waals surface area contributed by atoms with Gasteiger partial charge < -0.3 is 0 Å². The highest BCUT2D eigenvalue weighted by atomic mass is 19.2. The van der Waals surface area contributed by atoms with Gasteiger partial charge >= 0.3 is 0 Å². The highest BCUT2D eigenvalue weighted by Crippen LogP contribution is 2.30. The van der Waals surface area contributed by atoms with Crippen molar-refractivity contribution in [2.24, 2.45) is 5.92 Å². The first-order chi connectivity index (χ1) is 13.2. The number of benzene rings is 2. The summed E-state index contributed by atoms with van der Waals surface area (Å²) in [5.41, 5.74) is 4.83. The summed E-state index contributed by atoms with van der Waals surface area (Å²) in [6, 6.07) is 11.9. The van der Waals surface area contributed by atoms with E-state index < -0.39 is 11.6 Å². The van der Waals surface area contributed by atoms with Crippen molar-refractivity contribution in [1.82, 2.24) is 0 Å². The Labute approximate surface area is 163 Å². The zero-order valence-electron chi connectivity index (χ0n) is 16.6. The summed E-state index contributed by atoms with van der Waals surface area (Å²) in [4.78, 5) is 0. The summed E-state index contributed by atoms with van der Waals surface area (Å²) in [5, 5.41) is 0. The van der Waals surface area contributed by atoms with Crippen LogP contribution in [0.4, 0.5) is 8.78 Å². The molecule has 0 heterocycles. The molecule has 0 aliphatic heterocycles. The Kier molecular flexibility index (Phi) is 7.43. The molecule has 0 aromatic heterocycles. The van der Waals surface area contributed by atoms with Crippen LogP contribution in [0.2, 0.25) is 0 Å². The topological polar surface area (TPSA) is 0 Å². The zero-order chi connectivity index (χ0) is 19.1. The lowest BCUT2D eigenvalue weighted by Crippen LogP contribution is -2.16. The van der Waals surface area contributed by atoms with Gasteiger partial charge in [0.05, 0.1) is 0 Å². The summed E-state index contributed by atoms with van der Waals surface area (Å²) >= 11 is 0. The SMILES string of the molecule is CCCCCCCc1ccc(CCC2CCc3cc(F)c(F)cc3C2)cc1. The Balaban J connectivity index is 1.44. The van der Waals surface area contributed by atoms with Gasteiger partial charge in [0, 0.05) is 0 Å². The second-order valence-corrected chi connectivity index (χ2v) is 8.16. The van der Waals surface area contributed by atoms with Crippen LogP contribution in [0.3, 0.4) is 0 Å². The average Bonchev–Trinajstić information content (AvgIpc) is 2.68. The summed E-state index contributed by atoms with van der Waals surface area (Å²) in [6.07, 6.45) is 12.8. The maximum Gasteiger partial charge on any atom is 0.159 e. The molecule has 1 unspecified atom stereocenters. The first-order valence-electron chi connectivity index (χ1n) is 10.7. The number of hydrogen-bond donors (Lipinski definition) is 0. The van der Waals surface area contributed by atoms with Crippen LogP contribution in [0.5, 0.6) is 0 Å². The van der Waals surface area contributed by atoms with Gasteiger partial charge in [-0.15, -0.1) is 0 Å². The molecule has 0 radical (unpaired) electrons. The Morgan fingerprint density at radius 2 is 1.44 bits per heavy atom. The number of rotatable bonds is 9. The lowest BCUT2D eigenvalue weighted by atomic mass is 9.81. The van der Waals surface area contributed by atoms with Crippen LogP contribution in [0.15, 0.2) is 36.4 Å². The van der Waals surface area contributed by atoms with Crippen LogP contribution in [-0.4, -0.2) is 0 Å². The fourth-order valence-corrected chi connectivity index (χ4v) is 4.25. The predicted molar refractivity (Wildman–Crippen MR) is 109 cm³/mol. The molecule has 0 nitrogen and oxygen atoms in total. The number of aryl methyl sites for hydroxylation is 3. The molecular formula is C25H32F2. The van der Waals surface area contributed by atoms with Gasteiger partial charge in [0.25, 0.3) is 0 Å². The highest BCUT2D eigenvalue weighted by molar-refractivity contribution is 5.31. The lowest BCUT2D eigenvalue weighted by Gasteiger charge is -2.24. The molecule has 2 aromatic carbocycles. The minimum atomic E-state index is -0.711. The van der Waals surface area contributed by atoms with Crippen molar-refractivity contribution < 1.29 is 8.78 Å². The van der Waals surface area contributed by atoms with Crippen LogP contribution in [0.25, 0.3) is 0 Å². The monoisotopic (exact) mass is 370 g/mol. The van der Waals surface area contributed by atoms with E-state index in [4.69, 9.17) is 0 Å². The smallest absolute Gasteiger partial charge is 0.159 e. The van der Waals surface area contributed by atoms with Gasteiger partial charge in [0.2, 0.25) is 0 Å². The van der Waals surface area contributed by atoms with Crippen LogP contribution < -0.4 is 0 Å². The van der Waals surface area contributed by atoms with Gasteiger partial charge in [-0.2, -0.15) is 0 Å². The van der Waals surface area contributed by atoms with Crippen molar-refractivity contribution in [3.63, 3.8) is 0 Å². The van der Waals surface area contributed by atoms with Crippen molar-refractivity contribution in [3.05, 3.63) is 70.3 Å². The van der Waals surface area contributed by atoms with Gasteiger partial charge in [-0.1, -0.05) is 56.9 Å². The Morgan fingerprint density at radius 1 is 0.815 bits per heavy atom. The molecule has 2 heteroatoms. The molecule has 1 aliphatic rings. The molecule has 0 fully saturated rings. The summed E-state index contributed by atoms with van der Waals surface area (Å²) in [6.45, 7) is 2.25. The molecule has 0 saturated heterocycles. The van der Waals surface area contributed by atoms with E-state index in [0.717, 1.165) is 43.2 Å². The predicted octanol–water partition coefficient (Wildman–Crippen LogP) is 7.22. The molecule has 0 spiro atoms. The van der Waals surface area contributed by atoms with E-state index in [9.17, 15) is 8.78 Å². The van der Waals surface area contributed by atoms with E-state index >= 15 is 0 Å². The summed E-state index contributed by atoms with van der Waals surface area (Å²) in [7, 11) is 0. The Hall–Kier alpha value is -1.70. The van der Waals surface area contributed by atoms with E-state index in [-0.39, 0.29) is 0 Å². The van der Waals surface area contributed by atoms with E-state index in [1.54, 1.807) is 0 Å². The van der Waals surface area contributed by atoms with E-state index in [0.29, 0.717) is 5.92 Å². The third-order valence-electron chi connectivity index (χ3n) is 6.01. The quantitative estimate of drug-likeness (QED) is 0.409. The van der Waals surface area contributed by atoms with Crippen LogP contribution >= 0.6 is 0 Å². The van der Waals surface area contributed by atoms with E-state index in [1.165, 1.54) is 61.8 Å². The third-order valence-corrected chi connectivity index (χ3v) is 6.01. The molecule has 146 valence electrons. The maximum atomic E-state index is 13.5. The van der Waals surface area contributed by atoms with Gasteiger partial charge in [0.15, 0.2) is 11.6 Å². The van der Waals surface area contributed by atoms with Crippen molar-refractivity contribution >= 4 is 0 Å². The van der Waals surface area contributed by atoms with Gasteiger partial charge in [-0.05, 0) is 85.3 Å². The first kappa shape index (κ1) is 20.0. The van der Waals surface area contributed by atoms with Gasteiger partial charge in [0.1, 0.15) is 0 Å². The molecule has 1 atom stereocenters. The molecule has 2 aromatic rings. The fraction of sp³-hybridized carbons (Fsp3) is 0.520. The van der Waals surface area contributed by atoms with Gasteiger partial charge in [-0.25, -0.2) is 8.78 Å². The van der Waals surface area contributed by atoms with E-state index in [1.807, 2.05) is 0 Å². The summed E-state index contributed by atoms with van der Waals surface area (Å²) in [5.74, 6) is -0.849. The van der Waals surface area contributed by atoms with Crippen molar-refractivity contribution in [3.8, 4) is 0 Å². The molecule has 0 amide bonds. The minimum absolute atomic E-state index is 0.570. The Bertz CT molecular complexity index is 718. The number of hydrogen-bond acceptors (Lipinski definition) is 0. The average molecular weight is 371 g/mol. The van der Waals surface area contributed by atoms with E-state index in [2.05, 4.69) is 31.2 Å². The van der Waals surface area contributed by atoms with Gasteiger partial charge in [-0.3, -0.25) is 0 Å². The minimum Gasteiger partial charge on any atom is -0.204 e. The highest BCUT2D eigenvalue weighted by Gasteiger charge is 2.20. The molecule has 0 N–H and O–H groups in total. The van der Waals surface area contributed by atoms with Crippen molar-refractivity contribution in [2.45, 2.75) is 77.6 Å². The van der Waals surface area contributed by atoms with Crippen molar-refractivity contribution in [2.75, 3.05) is 0 Å². The molecule has 1 aliphatic carbocycles. The number of unbranched alkanes of at least 4 members (excludes halogenated alkanes) is 4. The number of halogens is 2. The molecule has 27 heavy (non-hydrogen) atoms. The molecule has 3 rings (SSSR count). The number of fused-ring (bicyclic) bond motifs is 1. The van der Waals surface area contributed by atoms with Crippen LogP contribution in [0, 0.1) is 17.6 Å². The largest absolute Gasteiger partial charge is 0.204 e. The zero-order valence-corrected chi connectivity index (χ0v) is 16.6. The van der Waals surface area contributed by atoms with Crippen molar-refractivity contribution in [1.29, 1.82) is 0 Å². The summed E-state index contributed by atoms with van der Waals surface area (Å²) < 4.78 is 26.9. The second kappa shape index (κ2) is 10.0. The normalized spacial score (nSPS) is 16.3. The fourth-order valence-electron chi connectivity index (χ4n) is 4.25. The van der Waals surface area contributed by atoms with Crippen LogP contribution in [0.1, 0.15) is 74.1 Å². The standard InChI is InChI=1S/C25H32F2/c1-2-3-4-5-6-7-19-8-10-20(11-9-19)12-13-21-14-15-22-17-24(26)25(27)18-23(22)16-21/h8-11,17-18,21H,2-7,12-16H2,1H3. The van der Waals surface area contributed by atoms with Crippen LogP contribution in [-0.2, 0) is 25.7 Å². The maximum absolute atomic E-state index is 13.5. The third kappa shape index (κ3) is 5.89. The second-order valence-electron chi connectivity index (χ2n) is 8.16. The Morgan fingerprint density at radius 3 is 2.15 bits per heavy atom. The molecular weight excluding hydrogens is 338 g/mol. The molecule has 0 saturated carbocycles.